The van der Waals surface area contributed by atoms with Gasteiger partial charge in [0, 0.05) is 17.1 Å². The van der Waals surface area contributed by atoms with Crippen molar-refractivity contribution in [2.24, 2.45) is 0 Å². The van der Waals surface area contributed by atoms with Crippen LogP contribution < -0.4 is 0 Å². The maximum absolute atomic E-state index is 13.3. The van der Waals surface area contributed by atoms with Crippen molar-refractivity contribution >= 4 is 16.8 Å². The topological polar surface area (TPSA) is 22.0 Å². The van der Waals surface area contributed by atoms with E-state index in [1.165, 1.54) is 16.7 Å². The van der Waals surface area contributed by atoms with Gasteiger partial charge < -0.3 is 0 Å². The van der Waals surface area contributed by atoms with Gasteiger partial charge in [-0.2, -0.15) is 0 Å². The number of fused-ring (bicyclic) bond motifs is 1. The Morgan fingerprint density at radius 2 is 1.52 bits per heavy atom. The third-order valence-electron chi connectivity index (χ3n) is 6.37. The first kappa shape index (κ1) is 21.1. The maximum Gasteiger partial charge on any atom is 0.235 e. The minimum Gasteiger partial charge on any atom is -0.286 e. The van der Waals surface area contributed by atoms with Crippen molar-refractivity contribution in [1.29, 1.82) is 0 Å². The molecule has 0 fully saturated rings. The van der Waals surface area contributed by atoms with Crippen molar-refractivity contribution in [3.63, 3.8) is 0 Å². The van der Waals surface area contributed by atoms with E-state index in [0.717, 1.165) is 28.5 Å². The molecule has 2 heteroatoms. The van der Waals surface area contributed by atoms with E-state index in [4.69, 9.17) is 0 Å². The highest BCUT2D eigenvalue weighted by molar-refractivity contribution is 6.02. The van der Waals surface area contributed by atoms with Crippen LogP contribution in [0.15, 0.2) is 79.0 Å². The number of benzene rings is 3. The van der Waals surface area contributed by atoms with Crippen LogP contribution >= 0.6 is 0 Å². The largest absolute Gasteiger partial charge is 0.286 e. The summed E-state index contributed by atoms with van der Waals surface area (Å²) in [5, 5.41) is 1.12. The first-order valence-electron chi connectivity index (χ1n) is 11.3. The highest BCUT2D eigenvalue weighted by atomic mass is 16.2. The summed E-state index contributed by atoms with van der Waals surface area (Å²) < 4.78 is 1.84. The molecule has 1 atom stereocenters. The molecule has 0 aliphatic rings. The molecule has 0 saturated carbocycles. The van der Waals surface area contributed by atoms with Crippen LogP contribution in [0.1, 0.15) is 67.4 Å². The van der Waals surface area contributed by atoms with E-state index >= 15 is 0 Å². The van der Waals surface area contributed by atoms with Gasteiger partial charge in [-0.25, -0.2) is 0 Å². The zero-order chi connectivity index (χ0) is 22.0. The van der Waals surface area contributed by atoms with E-state index in [2.05, 4.69) is 82.3 Å². The van der Waals surface area contributed by atoms with E-state index in [0.29, 0.717) is 18.3 Å². The third kappa shape index (κ3) is 4.20. The van der Waals surface area contributed by atoms with E-state index in [1.54, 1.807) is 0 Å². The number of para-hydroxylation sites is 1. The Labute approximate surface area is 185 Å². The quantitative estimate of drug-likeness (QED) is 0.318. The molecule has 0 aliphatic carbocycles. The molecule has 0 saturated heterocycles. The number of aromatic nitrogens is 1. The van der Waals surface area contributed by atoms with Crippen molar-refractivity contribution < 1.29 is 4.79 Å². The number of carbonyl (C=O) groups is 1. The fourth-order valence-corrected chi connectivity index (χ4v) is 4.31. The summed E-state index contributed by atoms with van der Waals surface area (Å²) in [6, 6.07) is 25.3. The SMILES string of the molecule is CCC(C)c1ccc(CC(=O)n2cc(-c3ccccc3C(C)C)c3ccccc32)cc1. The average Bonchev–Trinajstić information content (AvgIpc) is 3.19. The normalized spacial score (nSPS) is 12.4. The number of nitrogens with zero attached hydrogens (tertiary/aromatic N) is 1. The molecule has 2 nitrogen and oxygen atoms in total. The van der Waals surface area contributed by atoms with E-state index < -0.39 is 0 Å². The van der Waals surface area contributed by atoms with Gasteiger partial charge in [0.05, 0.1) is 11.9 Å². The molecule has 158 valence electrons. The molecule has 0 spiro atoms. The first-order valence-corrected chi connectivity index (χ1v) is 11.3. The second-order valence-electron chi connectivity index (χ2n) is 8.79. The summed E-state index contributed by atoms with van der Waals surface area (Å²) in [7, 11) is 0. The summed E-state index contributed by atoms with van der Waals surface area (Å²) in [6.45, 7) is 8.87. The highest BCUT2D eigenvalue weighted by Gasteiger charge is 2.17. The average molecular weight is 410 g/mol. The van der Waals surface area contributed by atoms with Gasteiger partial charge in [-0.15, -0.1) is 0 Å². The molecule has 0 amide bonds. The molecule has 0 radical (unpaired) electrons. The third-order valence-corrected chi connectivity index (χ3v) is 6.37. The lowest BCUT2D eigenvalue weighted by Gasteiger charge is -2.12. The molecule has 1 heterocycles. The summed E-state index contributed by atoms with van der Waals surface area (Å²) in [5.41, 5.74) is 6.99. The molecule has 1 unspecified atom stereocenters. The van der Waals surface area contributed by atoms with Crippen LogP contribution in [0.4, 0.5) is 0 Å². The summed E-state index contributed by atoms with van der Waals surface area (Å²) >= 11 is 0. The zero-order valence-electron chi connectivity index (χ0n) is 18.9. The highest BCUT2D eigenvalue weighted by Crippen LogP contribution is 2.35. The zero-order valence-corrected chi connectivity index (χ0v) is 18.9. The molecule has 0 N–H and O–H groups in total. The van der Waals surface area contributed by atoms with Gasteiger partial charge in [0.15, 0.2) is 0 Å². The molecular weight excluding hydrogens is 378 g/mol. The second-order valence-corrected chi connectivity index (χ2v) is 8.79. The van der Waals surface area contributed by atoms with Gasteiger partial charge in [-0.1, -0.05) is 94.4 Å². The van der Waals surface area contributed by atoms with Gasteiger partial charge in [0.2, 0.25) is 5.91 Å². The first-order chi connectivity index (χ1) is 15.0. The van der Waals surface area contributed by atoms with E-state index in [9.17, 15) is 4.79 Å². The van der Waals surface area contributed by atoms with Crippen LogP contribution in [0.5, 0.6) is 0 Å². The van der Waals surface area contributed by atoms with Crippen LogP contribution in [0, 0.1) is 0 Å². The van der Waals surface area contributed by atoms with Crippen molar-refractivity contribution in [3.05, 3.63) is 95.7 Å². The molecule has 4 aromatic rings. The van der Waals surface area contributed by atoms with Crippen molar-refractivity contribution in [3.8, 4) is 11.1 Å². The van der Waals surface area contributed by atoms with E-state index in [1.807, 2.05) is 29.0 Å². The summed E-state index contributed by atoms with van der Waals surface area (Å²) in [4.78, 5) is 13.3. The monoisotopic (exact) mass is 409 g/mol. The predicted molar refractivity (Wildman–Crippen MR) is 131 cm³/mol. The van der Waals surface area contributed by atoms with Gasteiger partial charge in [-0.3, -0.25) is 9.36 Å². The van der Waals surface area contributed by atoms with Crippen molar-refractivity contribution in [1.82, 2.24) is 4.57 Å². The number of carbonyl (C=O) groups excluding carboxylic acids is 1. The van der Waals surface area contributed by atoms with Gasteiger partial charge >= 0.3 is 0 Å². The fourth-order valence-electron chi connectivity index (χ4n) is 4.31. The lowest BCUT2D eigenvalue weighted by atomic mass is 9.92. The number of hydrogen-bond acceptors (Lipinski definition) is 1. The van der Waals surface area contributed by atoms with Crippen LogP contribution in [-0.4, -0.2) is 10.5 Å². The molecule has 1 aromatic heterocycles. The number of rotatable bonds is 6. The Morgan fingerprint density at radius 1 is 0.839 bits per heavy atom. The van der Waals surface area contributed by atoms with Crippen LogP contribution in [0.3, 0.4) is 0 Å². The molecule has 3 aromatic carbocycles. The Bertz CT molecular complexity index is 1200. The molecule has 4 rings (SSSR count). The Hall–Kier alpha value is -3.13. The minimum absolute atomic E-state index is 0.0979. The number of hydrogen-bond donors (Lipinski definition) is 0. The van der Waals surface area contributed by atoms with Crippen LogP contribution in [-0.2, 0) is 6.42 Å². The van der Waals surface area contributed by atoms with E-state index in [-0.39, 0.29) is 5.91 Å². The molecule has 0 bridgehead atoms. The molecular formula is C29H31NO. The second kappa shape index (κ2) is 8.93. The smallest absolute Gasteiger partial charge is 0.235 e. The predicted octanol–water partition coefficient (Wildman–Crippen LogP) is 7.83. The Balaban J connectivity index is 1.72. The Kier molecular flexibility index (Phi) is 6.08. The Morgan fingerprint density at radius 3 is 2.23 bits per heavy atom. The lowest BCUT2D eigenvalue weighted by Crippen LogP contribution is -2.12. The fraction of sp³-hybridized carbons (Fsp3) is 0.276. The molecule has 0 aliphatic heterocycles. The lowest BCUT2D eigenvalue weighted by molar-refractivity contribution is 0.0919. The van der Waals surface area contributed by atoms with Gasteiger partial charge in [-0.05, 0) is 46.6 Å². The van der Waals surface area contributed by atoms with Gasteiger partial charge in [0.25, 0.3) is 0 Å². The molecule has 31 heavy (non-hydrogen) atoms. The summed E-state index contributed by atoms with van der Waals surface area (Å²) in [5.74, 6) is 1.06. The van der Waals surface area contributed by atoms with Crippen LogP contribution in [0.2, 0.25) is 0 Å². The minimum atomic E-state index is 0.0979. The van der Waals surface area contributed by atoms with Crippen LogP contribution in [0.25, 0.3) is 22.0 Å². The summed E-state index contributed by atoms with van der Waals surface area (Å²) in [6.07, 6.45) is 3.54. The van der Waals surface area contributed by atoms with Crippen molar-refractivity contribution in [2.45, 2.75) is 52.4 Å². The van der Waals surface area contributed by atoms with Crippen molar-refractivity contribution in [2.75, 3.05) is 0 Å². The maximum atomic E-state index is 13.3. The standard InChI is InChI=1S/C29H31NO/c1-5-21(4)23-16-14-22(15-17-23)18-29(31)30-19-27(26-12-8-9-13-28(26)30)25-11-7-6-10-24(25)20(2)3/h6-17,19-21H,5,18H2,1-4H3. The van der Waals surface area contributed by atoms with Gasteiger partial charge in [0.1, 0.15) is 0 Å².